The number of rotatable bonds is 12. The minimum atomic E-state index is -2.51. The van der Waals surface area contributed by atoms with E-state index in [-0.39, 0.29) is 0 Å². The van der Waals surface area contributed by atoms with Crippen LogP contribution in [0.15, 0.2) is 30.3 Å². The SMILES string of the molecule is CO[Si](CCCN(Cc1ccccc1)OCCN)(OC)OC. The van der Waals surface area contributed by atoms with Crippen LogP contribution >= 0.6 is 0 Å². The minimum absolute atomic E-state index is 0.498. The van der Waals surface area contributed by atoms with Crippen LogP contribution in [-0.2, 0) is 24.7 Å². The number of nitrogens with zero attached hydrogens (tertiary/aromatic N) is 1. The van der Waals surface area contributed by atoms with E-state index in [0.717, 1.165) is 25.6 Å². The summed E-state index contributed by atoms with van der Waals surface area (Å²) in [5.74, 6) is 0. The van der Waals surface area contributed by atoms with Crippen LogP contribution in [0.3, 0.4) is 0 Å². The molecule has 1 rings (SSSR count). The molecule has 22 heavy (non-hydrogen) atoms. The molecule has 0 atom stereocenters. The highest BCUT2D eigenvalue weighted by molar-refractivity contribution is 6.60. The van der Waals surface area contributed by atoms with Crippen molar-refractivity contribution in [3.63, 3.8) is 0 Å². The molecule has 0 amide bonds. The topological polar surface area (TPSA) is 66.2 Å². The monoisotopic (exact) mass is 328 g/mol. The van der Waals surface area contributed by atoms with Crippen LogP contribution in [0.5, 0.6) is 0 Å². The summed E-state index contributed by atoms with van der Waals surface area (Å²) < 4.78 is 16.3. The third-order valence-electron chi connectivity index (χ3n) is 3.42. The van der Waals surface area contributed by atoms with Gasteiger partial charge in [-0.15, -0.1) is 0 Å². The minimum Gasteiger partial charge on any atom is -0.377 e. The lowest BCUT2D eigenvalue weighted by Crippen LogP contribution is -2.43. The molecule has 1 aromatic rings. The number of nitrogens with two attached hydrogens (primary N) is 1. The van der Waals surface area contributed by atoms with Crippen molar-refractivity contribution >= 4 is 8.80 Å². The standard InChI is InChI=1S/C15H28N2O4Si/c1-18-22(19-2,20-3)13-7-11-17(21-12-10-16)14-15-8-5-4-6-9-15/h4-6,8-9H,7,10-14,16H2,1-3H3. The van der Waals surface area contributed by atoms with Gasteiger partial charge in [-0.05, 0) is 12.0 Å². The van der Waals surface area contributed by atoms with Gasteiger partial charge in [0.05, 0.1) is 6.61 Å². The van der Waals surface area contributed by atoms with Crippen molar-refractivity contribution in [2.24, 2.45) is 5.73 Å². The molecule has 0 heterocycles. The van der Waals surface area contributed by atoms with E-state index in [2.05, 4.69) is 12.1 Å². The second kappa shape index (κ2) is 10.8. The van der Waals surface area contributed by atoms with E-state index in [1.54, 1.807) is 21.3 Å². The van der Waals surface area contributed by atoms with Crippen LogP contribution in [-0.4, -0.2) is 54.9 Å². The molecule has 0 spiro atoms. The van der Waals surface area contributed by atoms with Gasteiger partial charge in [0.2, 0.25) is 0 Å². The summed E-state index contributed by atoms with van der Waals surface area (Å²) in [4.78, 5) is 5.71. The average Bonchev–Trinajstić information content (AvgIpc) is 2.58. The number of hydrogen-bond acceptors (Lipinski definition) is 6. The van der Waals surface area contributed by atoms with E-state index >= 15 is 0 Å². The molecule has 0 aliphatic carbocycles. The first-order valence-corrected chi connectivity index (χ1v) is 9.40. The Labute approximate surface area is 134 Å². The Balaban J connectivity index is 2.50. The molecule has 7 heteroatoms. The summed E-state index contributed by atoms with van der Waals surface area (Å²) in [6.45, 7) is 2.49. The molecular formula is C15H28N2O4Si. The molecule has 0 saturated carbocycles. The van der Waals surface area contributed by atoms with Crippen molar-refractivity contribution in [1.82, 2.24) is 5.06 Å². The van der Waals surface area contributed by atoms with Gasteiger partial charge in [-0.2, -0.15) is 5.06 Å². The lowest BCUT2D eigenvalue weighted by molar-refractivity contribution is -0.163. The highest BCUT2D eigenvalue weighted by Gasteiger charge is 2.37. The number of hydrogen-bond donors (Lipinski definition) is 1. The van der Waals surface area contributed by atoms with Crippen LogP contribution in [0, 0.1) is 0 Å². The van der Waals surface area contributed by atoms with E-state index in [1.807, 2.05) is 23.3 Å². The molecule has 2 N–H and O–H groups in total. The normalized spacial score (nSPS) is 12.0. The zero-order valence-electron chi connectivity index (χ0n) is 13.8. The number of benzene rings is 1. The highest BCUT2D eigenvalue weighted by atomic mass is 28.4. The second-order valence-corrected chi connectivity index (χ2v) is 7.96. The smallest absolute Gasteiger partial charge is 0.377 e. The Morgan fingerprint density at radius 3 is 2.23 bits per heavy atom. The van der Waals surface area contributed by atoms with Crippen molar-refractivity contribution in [2.75, 3.05) is 41.0 Å². The maximum absolute atomic E-state index is 5.71. The molecule has 0 unspecified atom stereocenters. The van der Waals surface area contributed by atoms with Crippen LogP contribution in [0.2, 0.25) is 6.04 Å². The van der Waals surface area contributed by atoms with Gasteiger partial charge in [0, 0.05) is 47.0 Å². The molecule has 126 valence electrons. The first-order valence-electron chi connectivity index (χ1n) is 7.47. The zero-order chi connectivity index (χ0) is 16.3. The summed E-state index contributed by atoms with van der Waals surface area (Å²) in [6.07, 6.45) is 0.860. The first kappa shape index (κ1) is 19.2. The fourth-order valence-corrected chi connectivity index (χ4v) is 3.89. The van der Waals surface area contributed by atoms with Crippen LogP contribution in [0.1, 0.15) is 12.0 Å². The summed E-state index contributed by atoms with van der Waals surface area (Å²) in [6, 6.07) is 11.0. The second-order valence-electron chi connectivity index (χ2n) is 4.87. The predicted molar refractivity (Wildman–Crippen MR) is 88.1 cm³/mol. The Kier molecular flexibility index (Phi) is 9.49. The van der Waals surface area contributed by atoms with E-state index in [9.17, 15) is 0 Å². The highest BCUT2D eigenvalue weighted by Crippen LogP contribution is 2.16. The summed E-state index contributed by atoms with van der Waals surface area (Å²) >= 11 is 0. The van der Waals surface area contributed by atoms with E-state index in [4.69, 9.17) is 23.8 Å². The van der Waals surface area contributed by atoms with Crippen LogP contribution < -0.4 is 5.73 Å². The summed E-state index contributed by atoms with van der Waals surface area (Å²) in [7, 11) is 2.38. The molecule has 0 bridgehead atoms. The largest absolute Gasteiger partial charge is 0.500 e. The lowest BCUT2D eigenvalue weighted by Gasteiger charge is -2.26. The predicted octanol–water partition coefficient (Wildman–Crippen LogP) is 1.65. The maximum atomic E-state index is 5.71. The first-order chi connectivity index (χ1) is 10.7. The summed E-state index contributed by atoms with van der Waals surface area (Å²) in [5, 5.41) is 1.93. The molecule has 0 aliphatic rings. The van der Waals surface area contributed by atoms with E-state index in [1.165, 1.54) is 5.56 Å². The molecule has 0 aliphatic heterocycles. The maximum Gasteiger partial charge on any atom is 0.500 e. The van der Waals surface area contributed by atoms with Gasteiger partial charge in [-0.1, -0.05) is 30.3 Å². The zero-order valence-corrected chi connectivity index (χ0v) is 14.8. The van der Waals surface area contributed by atoms with Gasteiger partial charge >= 0.3 is 8.80 Å². The average molecular weight is 328 g/mol. The Hall–Kier alpha value is -0.803. The van der Waals surface area contributed by atoms with Gasteiger partial charge < -0.3 is 19.0 Å². The van der Waals surface area contributed by atoms with Gasteiger partial charge in [0.25, 0.3) is 0 Å². The van der Waals surface area contributed by atoms with E-state index < -0.39 is 8.80 Å². The van der Waals surface area contributed by atoms with Crippen molar-refractivity contribution in [3.05, 3.63) is 35.9 Å². The lowest BCUT2D eigenvalue weighted by atomic mass is 10.2. The molecular weight excluding hydrogens is 300 g/mol. The molecule has 0 aromatic heterocycles. The fourth-order valence-electron chi connectivity index (χ4n) is 2.19. The molecule has 0 radical (unpaired) electrons. The van der Waals surface area contributed by atoms with Gasteiger partial charge in [-0.3, -0.25) is 4.84 Å². The fraction of sp³-hybridized carbons (Fsp3) is 0.600. The van der Waals surface area contributed by atoms with Crippen LogP contribution in [0.25, 0.3) is 0 Å². The quantitative estimate of drug-likeness (QED) is 0.465. The third kappa shape index (κ3) is 6.53. The van der Waals surface area contributed by atoms with E-state index in [0.29, 0.717) is 13.2 Å². The third-order valence-corrected chi connectivity index (χ3v) is 6.25. The van der Waals surface area contributed by atoms with Crippen LogP contribution in [0.4, 0.5) is 0 Å². The van der Waals surface area contributed by atoms with Crippen molar-refractivity contribution in [1.29, 1.82) is 0 Å². The van der Waals surface area contributed by atoms with Crippen molar-refractivity contribution in [3.8, 4) is 0 Å². The number of hydroxylamine groups is 2. The van der Waals surface area contributed by atoms with Crippen molar-refractivity contribution in [2.45, 2.75) is 19.0 Å². The Morgan fingerprint density at radius 1 is 1.05 bits per heavy atom. The van der Waals surface area contributed by atoms with Gasteiger partial charge in [0.15, 0.2) is 0 Å². The Bertz CT molecular complexity index is 382. The van der Waals surface area contributed by atoms with Crippen molar-refractivity contribution < 1.29 is 18.1 Å². The molecule has 6 nitrogen and oxygen atoms in total. The molecule has 0 saturated heterocycles. The van der Waals surface area contributed by atoms with Gasteiger partial charge in [-0.25, -0.2) is 0 Å². The Morgan fingerprint density at radius 2 is 1.68 bits per heavy atom. The molecule has 1 aromatic carbocycles. The van der Waals surface area contributed by atoms with Gasteiger partial charge in [0.1, 0.15) is 0 Å². The summed E-state index contributed by atoms with van der Waals surface area (Å²) in [5.41, 5.74) is 6.73. The molecule has 0 fully saturated rings.